The number of anilines is 2. The molecule has 5 nitrogen and oxygen atoms in total. The summed E-state index contributed by atoms with van der Waals surface area (Å²) in [5, 5.41) is 17.4. The Labute approximate surface area is 128 Å². The smallest absolute Gasteiger partial charge is 0.101 e. The standard InChI is InChI=1S/C15H16ClN5/c1-20-10-13(8-18-20)21-6-5-12(9-21)19-15-11(7-17)3-2-4-14(15)16/h2-4,8,10,12,19H,5-6,9H2,1H3/t12-/m1/s1. The predicted molar refractivity (Wildman–Crippen MR) is 83.6 cm³/mol. The SMILES string of the molecule is Cn1cc(N2CC[C@@H](Nc3c(Cl)cccc3C#N)C2)cn1. The Morgan fingerprint density at radius 1 is 1.48 bits per heavy atom. The van der Waals surface area contributed by atoms with E-state index < -0.39 is 0 Å². The second-order valence-electron chi connectivity index (χ2n) is 5.22. The third-order valence-corrected chi connectivity index (χ3v) is 4.04. The van der Waals surface area contributed by atoms with Gasteiger partial charge in [-0.1, -0.05) is 17.7 Å². The molecule has 1 N–H and O–H groups in total. The summed E-state index contributed by atoms with van der Waals surface area (Å²) in [6, 6.07) is 7.84. The molecule has 21 heavy (non-hydrogen) atoms. The summed E-state index contributed by atoms with van der Waals surface area (Å²) < 4.78 is 1.80. The Kier molecular flexibility index (Phi) is 3.72. The fourth-order valence-corrected chi connectivity index (χ4v) is 2.88. The van der Waals surface area contributed by atoms with Crippen LogP contribution in [-0.2, 0) is 7.05 Å². The van der Waals surface area contributed by atoms with Crippen molar-refractivity contribution in [2.24, 2.45) is 7.05 Å². The Balaban J connectivity index is 1.72. The highest BCUT2D eigenvalue weighted by Crippen LogP contribution is 2.28. The zero-order valence-electron chi connectivity index (χ0n) is 11.8. The van der Waals surface area contributed by atoms with Crippen molar-refractivity contribution in [3.05, 3.63) is 41.2 Å². The molecule has 0 bridgehead atoms. The van der Waals surface area contributed by atoms with Crippen molar-refractivity contribution in [3.63, 3.8) is 0 Å². The quantitative estimate of drug-likeness (QED) is 0.947. The molecule has 0 amide bonds. The first-order valence-electron chi connectivity index (χ1n) is 6.86. The van der Waals surface area contributed by atoms with Crippen molar-refractivity contribution in [1.82, 2.24) is 9.78 Å². The van der Waals surface area contributed by atoms with Gasteiger partial charge in [0.2, 0.25) is 0 Å². The highest BCUT2D eigenvalue weighted by atomic mass is 35.5. The van der Waals surface area contributed by atoms with Gasteiger partial charge >= 0.3 is 0 Å². The third-order valence-electron chi connectivity index (χ3n) is 3.73. The normalized spacial score (nSPS) is 17.8. The fraction of sp³-hybridized carbons (Fsp3) is 0.333. The van der Waals surface area contributed by atoms with Crippen molar-refractivity contribution in [2.45, 2.75) is 12.5 Å². The van der Waals surface area contributed by atoms with Gasteiger partial charge in [0.15, 0.2) is 0 Å². The predicted octanol–water partition coefficient (Wildman–Crippen LogP) is 2.64. The first-order valence-corrected chi connectivity index (χ1v) is 7.24. The number of aromatic nitrogens is 2. The number of nitrogens with one attached hydrogen (secondary N) is 1. The van der Waals surface area contributed by atoms with Gasteiger partial charge in [-0.05, 0) is 18.6 Å². The highest BCUT2D eigenvalue weighted by molar-refractivity contribution is 6.33. The van der Waals surface area contributed by atoms with Crippen LogP contribution in [0, 0.1) is 11.3 Å². The van der Waals surface area contributed by atoms with Crippen LogP contribution in [0.5, 0.6) is 0 Å². The van der Waals surface area contributed by atoms with Crippen LogP contribution in [0.2, 0.25) is 5.02 Å². The van der Waals surface area contributed by atoms with Crippen molar-refractivity contribution in [3.8, 4) is 6.07 Å². The van der Waals surface area contributed by atoms with Gasteiger partial charge < -0.3 is 10.2 Å². The molecule has 0 saturated carbocycles. The Morgan fingerprint density at radius 3 is 3.05 bits per heavy atom. The van der Waals surface area contributed by atoms with E-state index in [4.69, 9.17) is 11.6 Å². The first kappa shape index (κ1) is 13.8. The van der Waals surface area contributed by atoms with E-state index in [1.54, 1.807) is 22.9 Å². The number of benzene rings is 1. The maximum Gasteiger partial charge on any atom is 0.101 e. The number of para-hydroxylation sites is 1. The fourth-order valence-electron chi connectivity index (χ4n) is 2.65. The number of hydrogen-bond donors (Lipinski definition) is 1. The van der Waals surface area contributed by atoms with Crippen LogP contribution in [0.1, 0.15) is 12.0 Å². The zero-order chi connectivity index (χ0) is 14.8. The minimum absolute atomic E-state index is 0.275. The maximum atomic E-state index is 9.18. The van der Waals surface area contributed by atoms with Gasteiger partial charge in [-0.25, -0.2) is 0 Å². The summed E-state index contributed by atoms with van der Waals surface area (Å²) in [6.07, 6.45) is 4.89. The monoisotopic (exact) mass is 301 g/mol. The second-order valence-corrected chi connectivity index (χ2v) is 5.63. The molecule has 108 valence electrons. The van der Waals surface area contributed by atoms with Gasteiger partial charge in [0.1, 0.15) is 6.07 Å². The molecule has 6 heteroatoms. The molecule has 1 aliphatic heterocycles. The van der Waals surface area contributed by atoms with Crippen LogP contribution in [0.4, 0.5) is 11.4 Å². The van der Waals surface area contributed by atoms with E-state index in [9.17, 15) is 5.26 Å². The van der Waals surface area contributed by atoms with E-state index in [0.29, 0.717) is 10.6 Å². The molecule has 3 rings (SSSR count). The van der Waals surface area contributed by atoms with E-state index in [1.165, 1.54) is 0 Å². The summed E-state index contributed by atoms with van der Waals surface area (Å²) in [4.78, 5) is 2.29. The van der Waals surface area contributed by atoms with Crippen LogP contribution in [0.3, 0.4) is 0 Å². The minimum Gasteiger partial charge on any atom is -0.378 e. The minimum atomic E-state index is 0.275. The maximum absolute atomic E-state index is 9.18. The first-order chi connectivity index (χ1) is 10.2. The lowest BCUT2D eigenvalue weighted by atomic mass is 10.1. The van der Waals surface area contributed by atoms with Crippen molar-refractivity contribution < 1.29 is 0 Å². The van der Waals surface area contributed by atoms with Crippen LogP contribution in [-0.4, -0.2) is 28.9 Å². The molecule has 2 heterocycles. The topological polar surface area (TPSA) is 56.9 Å². The summed E-state index contributed by atoms with van der Waals surface area (Å²) in [5.41, 5.74) is 2.45. The van der Waals surface area contributed by atoms with E-state index >= 15 is 0 Å². The lowest BCUT2D eigenvalue weighted by molar-refractivity contribution is 0.767. The lowest BCUT2D eigenvalue weighted by Gasteiger charge is -2.18. The van der Waals surface area contributed by atoms with Crippen molar-refractivity contribution in [2.75, 3.05) is 23.3 Å². The molecule has 1 aromatic carbocycles. The Bertz CT molecular complexity index is 688. The molecule has 0 unspecified atom stereocenters. The molecular formula is C15H16ClN5. The van der Waals surface area contributed by atoms with Gasteiger partial charge in [0.05, 0.1) is 28.2 Å². The number of halogens is 1. The van der Waals surface area contributed by atoms with Crippen LogP contribution in [0.15, 0.2) is 30.6 Å². The summed E-state index contributed by atoms with van der Waals surface area (Å²) in [7, 11) is 1.91. The largest absolute Gasteiger partial charge is 0.378 e. The van der Waals surface area contributed by atoms with Crippen LogP contribution >= 0.6 is 11.6 Å². The average molecular weight is 302 g/mol. The Morgan fingerprint density at radius 2 is 2.33 bits per heavy atom. The summed E-state index contributed by atoms with van der Waals surface area (Å²) >= 11 is 6.20. The zero-order valence-corrected chi connectivity index (χ0v) is 12.5. The van der Waals surface area contributed by atoms with E-state index in [-0.39, 0.29) is 6.04 Å². The molecule has 1 saturated heterocycles. The molecule has 1 fully saturated rings. The van der Waals surface area contributed by atoms with E-state index in [0.717, 1.165) is 30.9 Å². The lowest BCUT2D eigenvalue weighted by Crippen LogP contribution is -2.26. The molecule has 0 radical (unpaired) electrons. The van der Waals surface area contributed by atoms with Gasteiger partial charge in [0.25, 0.3) is 0 Å². The van der Waals surface area contributed by atoms with Gasteiger partial charge in [-0.3, -0.25) is 4.68 Å². The van der Waals surface area contributed by atoms with E-state index in [2.05, 4.69) is 21.4 Å². The number of hydrogen-bond acceptors (Lipinski definition) is 4. The van der Waals surface area contributed by atoms with Crippen molar-refractivity contribution in [1.29, 1.82) is 5.26 Å². The molecule has 1 atom stereocenters. The van der Waals surface area contributed by atoms with E-state index in [1.807, 2.05) is 19.4 Å². The number of rotatable bonds is 3. The molecule has 1 aromatic heterocycles. The second kappa shape index (κ2) is 5.66. The molecular weight excluding hydrogens is 286 g/mol. The third kappa shape index (κ3) is 2.81. The highest BCUT2D eigenvalue weighted by Gasteiger charge is 2.24. The molecule has 0 aliphatic carbocycles. The number of nitrogens with zero attached hydrogens (tertiary/aromatic N) is 4. The van der Waals surface area contributed by atoms with Gasteiger partial charge in [0, 0.05) is 32.4 Å². The van der Waals surface area contributed by atoms with Crippen molar-refractivity contribution >= 4 is 23.0 Å². The summed E-state index contributed by atoms with van der Waals surface area (Å²) in [5.74, 6) is 0. The Hall–Kier alpha value is -2.19. The van der Waals surface area contributed by atoms with Gasteiger partial charge in [-0.15, -0.1) is 0 Å². The average Bonchev–Trinajstić information content (AvgIpc) is 3.10. The number of nitriles is 1. The molecule has 2 aromatic rings. The van der Waals surface area contributed by atoms with Gasteiger partial charge in [-0.2, -0.15) is 10.4 Å². The van der Waals surface area contributed by atoms with Crippen LogP contribution < -0.4 is 10.2 Å². The molecule has 0 spiro atoms. The molecule has 1 aliphatic rings. The summed E-state index contributed by atoms with van der Waals surface area (Å²) in [6.45, 7) is 1.84. The van der Waals surface area contributed by atoms with Crippen LogP contribution in [0.25, 0.3) is 0 Å². The number of aryl methyl sites for hydroxylation is 1.